The van der Waals surface area contributed by atoms with Crippen molar-refractivity contribution in [3.63, 3.8) is 0 Å². The summed E-state index contributed by atoms with van der Waals surface area (Å²) in [4.78, 5) is 24.4. The summed E-state index contributed by atoms with van der Waals surface area (Å²) >= 11 is 5.80. The molecule has 0 radical (unpaired) electrons. The summed E-state index contributed by atoms with van der Waals surface area (Å²) in [6.07, 6.45) is -0.307. The molecule has 1 aliphatic heterocycles. The van der Waals surface area contributed by atoms with Crippen LogP contribution >= 0.6 is 11.6 Å². The second-order valence-electron chi connectivity index (χ2n) is 4.25. The van der Waals surface area contributed by atoms with Crippen LogP contribution in [0.2, 0.25) is 5.02 Å². The van der Waals surface area contributed by atoms with E-state index < -0.39 is 6.09 Å². The summed E-state index contributed by atoms with van der Waals surface area (Å²) < 4.78 is 5.19. The zero-order valence-electron chi connectivity index (χ0n) is 10.6. The first-order valence-electron chi connectivity index (χ1n) is 6.10. The molecule has 6 heteroatoms. The van der Waals surface area contributed by atoms with Crippen LogP contribution in [-0.4, -0.2) is 31.2 Å². The highest BCUT2D eigenvalue weighted by molar-refractivity contribution is 6.30. The Kier molecular flexibility index (Phi) is 4.27. The van der Waals surface area contributed by atoms with Crippen molar-refractivity contribution in [2.75, 3.05) is 18.0 Å². The monoisotopic (exact) mass is 282 g/mol. The largest absolute Gasteiger partial charge is 0.442 e. The second-order valence-corrected chi connectivity index (χ2v) is 4.69. The van der Waals surface area contributed by atoms with Crippen LogP contribution in [0.5, 0.6) is 0 Å². The Morgan fingerprint density at radius 2 is 2.16 bits per heavy atom. The van der Waals surface area contributed by atoms with Crippen molar-refractivity contribution in [2.45, 2.75) is 19.4 Å². The molecule has 1 aliphatic rings. The van der Waals surface area contributed by atoms with Gasteiger partial charge in [0.05, 0.1) is 13.1 Å². The minimum Gasteiger partial charge on any atom is -0.442 e. The fourth-order valence-electron chi connectivity index (χ4n) is 1.81. The van der Waals surface area contributed by atoms with Gasteiger partial charge >= 0.3 is 6.09 Å². The van der Waals surface area contributed by atoms with Crippen LogP contribution in [0.3, 0.4) is 0 Å². The van der Waals surface area contributed by atoms with E-state index in [1.54, 1.807) is 31.2 Å². The fraction of sp³-hybridized carbons (Fsp3) is 0.385. The van der Waals surface area contributed by atoms with Crippen LogP contribution < -0.4 is 10.2 Å². The van der Waals surface area contributed by atoms with E-state index in [0.29, 0.717) is 24.5 Å². The average Bonchev–Trinajstić information content (AvgIpc) is 2.78. The maximum atomic E-state index is 11.7. The van der Waals surface area contributed by atoms with Crippen molar-refractivity contribution in [1.82, 2.24) is 5.32 Å². The lowest BCUT2D eigenvalue weighted by molar-refractivity contribution is -0.121. The molecule has 0 spiro atoms. The first-order valence-corrected chi connectivity index (χ1v) is 6.48. The summed E-state index contributed by atoms with van der Waals surface area (Å²) in [5.41, 5.74) is 0.735. The highest BCUT2D eigenvalue weighted by atomic mass is 35.5. The van der Waals surface area contributed by atoms with E-state index in [1.807, 2.05) is 0 Å². The maximum absolute atomic E-state index is 11.7. The number of carbonyl (C=O) groups is 2. The van der Waals surface area contributed by atoms with Gasteiger partial charge in [0.1, 0.15) is 6.10 Å². The molecule has 1 N–H and O–H groups in total. The van der Waals surface area contributed by atoms with Gasteiger partial charge in [-0.1, -0.05) is 18.5 Å². The van der Waals surface area contributed by atoms with Crippen molar-refractivity contribution < 1.29 is 14.3 Å². The molecule has 102 valence electrons. The molecular weight excluding hydrogens is 268 g/mol. The zero-order valence-corrected chi connectivity index (χ0v) is 11.3. The minimum atomic E-state index is -0.405. The average molecular weight is 283 g/mol. The number of hydrogen-bond donors (Lipinski definition) is 1. The quantitative estimate of drug-likeness (QED) is 0.921. The molecule has 1 aromatic carbocycles. The van der Waals surface area contributed by atoms with Gasteiger partial charge in [0.25, 0.3) is 0 Å². The van der Waals surface area contributed by atoms with E-state index in [2.05, 4.69) is 5.32 Å². The number of nitrogens with zero attached hydrogens (tertiary/aromatic N) is 1. The molecule has 0 aliphatic carbocycles. The third-order valence-electron chi connectivity index (χ3n) is 2.86. The first kappa shape index (κ1) is 13.7. The Morgan fingerprint density at radius 1 is 1.47 bits per heavy atom. The van der Waals surface area contributed by atoms with Crippen LogP contribution in [0, 0.1) is 0 Å². The van der Waals surface area contributed by atoms with Crippen molar-refractivity contribution in [2.24, 2.45) is 0 Å². The number of hydrogen-bond acceptors (Lipinski definition) is 3. The van der Waals surface area contributed by atoms with Gasteiger partial charge in [-0.15, -0.1) is 0 Å². The predicted octanol–water partition coefficient (Wildman–Crippen LogP) is 2.19. The van der Waals surface area contributed by atoms with E-state index in [1.165, 1.54) is 4.90 Å². The Hall–Kier alpha value is -1.75. The Labute approximate surface area is 116 Å². The molecule has 0 saturated carbocycles. The summed E-state index contributed by atoms with van der Waals surface area (Å²) in [6, 6.07) is 6.96. The van der Waals surface area contributed by atoms with Crippen LogP contribution in [-0.2, 0) is 9.53 Å². The lowest BCUT2D eigenvalue weighted by atomic mass is 10.2. The summed E-state index contributed by atoms with van der Waals surface area (Å²) in [7, 11) is 0. The van der Waals surface area contributed by atoms with Gasteiger partial charge in [0, 0.05) is 17.1 Å². The number of halogens is 1. The number of benzene rings is 1. The third kappa shape index (κ3) is 3.38. The highest BCUT2D eigenvalue weighted by Gasteiger charge is 2.32. The van der Waals surface area contributed by atoms with Gasteiger partial charge in [-0.05, 0) is 24.3 Å². The topological polar surface area (TPSA) is 58.6 Å². The maximum Gasteiger partial charge on any atom is 0.414 e. The molecule has 0 aromatic heterocycles. The number of nitrogens with one attached hydrogen (secondary N) is 1. The fourth-order valence-corrected chi connectivity index (χ4v) is 1.94. The van der Waals surface area contributed by atoms with Crippen molar-refractivity contribution in [3.05, 3.63) is 29.3 Å². The third-order valence-corrected chi connectivity index (χ3v) is 3.11. The SMILES string of the molecule is CCC(=O)NCC1CN(c2ccc(Cl)cc2)C(=O)O1. The number of rotatable bonds is 4. The molecular formula is C13H15ClN2O3. The molecule has 1 aromatic rings. The number of anilines is 1. The lowest BCUT2D eigenvalue weighted by Crippen LogP contribution is -2.34. The van der Waals surface area contributed by atoms with E-state index in [0.717, 1.165) is 5.69 Å². The molecule has 2 rings (SSSR count). The zero-order chi connectivity index (χ0) is 13.8. The smallest absolute Gasteiger partial charge is 0.414 e. The molecule has 1 unspecified atom stereocenters. The van der Waals surface area contributed by atoms with E-state index in [-0.39, 0.29) is 12.0 Å². The molecule has 1 atom stereocenters. The Bertz CT molecular complexity index is 475. The second kappa shape index (κ2) is 5.93. The molecule has 5 nitrogen and oxygen atoms in total. The van der Waals surface area contributed by atoms with E-state index in [4.69, 9.17) is 16.3 Å². The first-order chi connectivity index (χ1) is 9.10. The predicted molar refractivity (Wildman–Crippen MR) is 72.4 cm³/mol. The van der Waals surface area contributed by atoms with Crippen molar-refractivity contribution in [3.8, 4) is 0 Å². The molecule has 1 saturated heterocycles. The number of ether oxygens (including phenoxy) is 1. The molecule has 19 heavy (non-hydrogen) atoms. The molecule has 2 amide bonds. The minimum absolute atomic E-state index is 0.0546. The number of carbonyl (C=O) groups excluding carboxylic acids is 2. The normalized spacial score (nSPS) is 18.3. The number of amides is 2. The summed E-state index contributed by atoms with van der Waals surface area (Å²) in [5, 5.41) is 3.33. The van der Waals surface area contributed by atoms with Gasteiger partial charge in [-0.25, -0.2) is 4.79 Å². The van der Waals surface area contributed by atoms with Crippen LogP contribution in [0.25, 0.3) is 0 Å². The molecule has 1 fully saturated rings. The van der Waals surface area contributed by atoms with Crippen LogP contribution in [0.15, 0.2) is 24.3 Å². The van der Waals surface area contributed by atoms with Crippen molar-refractivity contribution in [1.29, 1.82) is 0 Å². The van der Waals surface area contributed by atoms with Crippen LogP contribution in [0.1, 0.15) is 13.3 Å². The van der Waals surface area contributed by atoms with Gasteiger partial charge in [-0.3, -0.25) is 9.69 Å². The highest BCUT2D eigenvalue weighted by Crippen LogP contribution is 2.23. The van der Waals surface area contributed by atoms with Crippen molar-refractivity contribution >= 4 is 29.3 Å². The van der Waals surface area contributed by atoms with Gasteiger partial charge in [-0.2, -0.15) is 0 Å². The van der Waals surface area contributed by atoms with Gasteiger partial charge < -0.3 is 10.1 Å². The van der Waals surface area contributed by atoms with Gasteiger partial charge in [0.2, 0.25) is 5.91 Å². The standard InChI is InChI=1S/C13H15ClN2O3/c1-2-12(17)15-7-11-8-16(13(18)19-11)10-5-3-9(14)4-6-10/h3-6,11H,2,7-8H2,1H3,(H,15,17). The summed E-state index contributed by atoms with van der Waals surface area (Å²) in [5.74, 6) is -0.0546. The van der Waals surface area contributed by atoms with E-state index >= 15 is 0 Å². The lowest BCUT2D eigenvalue weighted by Gasteiger charge is -2.13. The van der Waals surface area contributed by atoms with Gasteiger partial charge in [0.15, 0.2) is 0 Å². The molecule has 0 bridgehead atoms. The Morgan fingerprint density at radius 3 is 2.79 bits per heavy atom. The molecule has 1 heterocycles. The van der Waals surface area contributed by atoms with E-state index in [9.17, 15) is 9.59 Å². The summed E-state index contributed by atoms with van der Waals surface area (Å²) in [6.45, 7) is 2.53. The number of cyclic esters (lactones) is 1. The Balaban J connectivity index is 1.96. The van der Waals surface area contributed by atoms with Crippen LogP contribution in [0.4, 0.5) is 10.5 Å².